The number of hydrogen-bond donors (Lipinski definition) is 0. The second kappa shape index (κ2) is 6.20. The van der Waals surface area contributed by atoms with Crippen molar-refractivity contribution in [3.63, 3.8) is 0 Å². The van der Waals surface area contributed by atoms with Crippen LogP contribution < -0.4 is 0 Å². The van der Waals surface area contributed by atoms with Crippen LogP contribution in [0.3, 0.4) is 0 Å². The molecular formula is C15H20F3NO2S. The van der Waals surface area contributed by atoms with Gasteiger partial charge >= 0.3 is 6.18 Å². The van der Waals surface area contributed by atoms with Crippen LogP contribution >= 0.6 is 0 Å². The highest BCUT2D eigenvalue weighted by Gasteiger charge is 2.38. The quantitative estimate of drug-likeness (QED) is 0.848. The number of nitrogens with zero attached hydrogens (tertiary/aromatic N) is 1. The van der Waals surface area contributed by atoms with Crippen molar-refractivity contribution < 1.29 is 21.6 Å². The molecule has 1 aliphatic carbocycles. The van der Waals surface area contributed by atoms with Gasteiger partial charge in [0.15, 0.2) is 9.84 Å². The summed E-state index contributed by atoms with van der Waals surface area (Å²) in [7, 11) is -1.50. The Kier molecular flexibility index (Phi) is 4.87. The first-order valence-corrected chi connectivity index (χ1v) is 9.10. The van der Waals surface area contributed by atoms with E-state index >= 15 is 0 Å². The first kappa shape index (κ1) is 17.3. The molecule has 0 heterocycles. The van der Waals surface area contributed by atoms with Crippen LogP contribution in [0.5, 0.6) is 0 Å². The van der Waals surface area contributed by atoms with Gasteiger partial charge in [-0.3, -0.25) is 4.90 Å². The number of hydrogen-bond acceptors (Lipinski definition) is 3. The molecule has 1 aliphatic rings. The largest absolute Gasteiger partial charge is 0.416 e. The van der Waals surface area contributed by atoms with E-state index in [-0.39, 0.29) is 18.2 Å². The van der Waals surface area contributed by atoms with Gasteiger partial charge in [-0.05, 0) is 31.5 Å². The molecule has 0 aliphatic heterocycles. The molecule has 1 aromatic carbocycles. The van der Waals surface area contributed by atoms with Gasteiger partial charge in [0.25, 0.3) is 0 Å². The zero-order chi connectivity index (χ0) is 16.5. The summed E-state index contributed by atoms with van der Waals surface area (Å²) in [5.41, 5.74) is -0.479. The van der Waals surface area contributed by atoms with E-state index in [9.17, 15) is 21.6 Å². The zero-order valence-corrected chi connectivity index (χ0v) is 13.4. The molecule has 1 fully saturated rings. The van der Waals surface area contributed by atoms with E-state index in [1.165, 1.54) is 18.4 Å². The van der Waals surface area contributed by atoms with Gasteiger partial charge in [-0.1, -0.05) is 24.6 Å². The molecule has 7 heteroatoms. The van der Waals surface area contributed by atoms with Crippen molar-refractivity contribution in [2.45, 2.75) is 43.3 Å². The molecule has 0 radical (unpaired) electrons. The van der Waals surface area contributed by atoms with E-state index in [0.29, 0.717) is 12.8 Å². The van der Waals surface area contributed by atoms with Crippen molar-refractivity contribution in [3.8, 4) is 0 Å². The molecule has 22 heavy (non-hydrogen) atoms. The summed E-state index contributed by atoms with van der Waals surface area (Å²) in [5.74, 6) is 0. The van der Waals surface area contributed by atoms with Gasteiger partial charge in [0.2, 0.25) is 0 Å². The molecule has 1 aromatic rings. The number of benzene rings is 1. The van der Waals surface area contributed by atoms with Gasteiger partial charge in [-0.15, -0.1) is 0 Å². The molecular weight excluding hydrogens is 315 g/mol. The third-order valence-corrected chi connectivity index (χ3v) is 5.93. The van der Waals surface area contributed by atoms with Crippen molar-refractivity contribution in [3.05, 3.63) is 35.4 Å². The summed E-state index contributed by atoms with van der Waals surface area (Å²) in [6, 6.07) is 5.22. The second-order valence-electron chi connectivity index (χ2n) is 5.94. The smallest absolute Gasteiger partial charge is 0.298 e. The SMILES string of the molecule is CN(Cc1ccccc1C(F)(F)F)[C@@H]1CCC[C@@H]1S(C)(=O)=O. The lowest BCUT2D eigenvalue weighted by Crippen LogP contribution is -2.41. The Bertz CT molecular complexity index is 628. The predicted octanol–water partition coefficient (Wildman–Crippen LogP) is 3.10. The standard InChI is InChI=1S/C15H20F3NO2S/c1-19(13-8-5-9-14(13)22(2,20)21)10-11-6-3-4-7-12(11)15(16,17)18/h3-4,6-7,13-14H,5,8-10H2,1-2H3/t13-,14+/m1/s1. The molecule has 0 aromatic heterocycles. The highest BCUT2D eigenvalue weighted by atomic mass is 32.2. The molecule has 124 valence electrons. The first-order valence-electron chi connectivity index (χ1n) is 7.15. The van der Waals surface area contributed by atoms with Gasteiger partial charge < -0.3 is 0 Å². The molecule has 3 nitrogen and oxygen atoms in total. The summed E-state index contributed by atoms with van der Waals surface area (Å²) in [5, 5.41) is -0.490. The average molecular weight is 335 g/mol. The van der Waals surface area contributed by atoms with Crippen LogP contribution in [-0.2, 0) is 22.6 Å². The minimum Gasteiger partial charge on any atom is -0.298 e. The highest BCUT2D eigenvalue weighted by molar-refractivity contribution is 7.91. The molecule has 2 rings (SSSR count). The minimum absolute atomic E-state index is 0.0897. The number of sulfone groups is 1. The summed E-state index contributed by atoms with van der Waals surface area (Å²) in [6.07, 6.45) is -1.14. The topological polar surface area (TPSA) is 37.4 Å². The van der Waals surface area contributed by atoms with Crippen LogP contribution in [0.4, 0.5) is 13.2 Å². The van der Waals surface area contributed by atoms with Gasteiger partial charge in [0.05, 0.1) is 10.8 Å². The molecule has 0 amide bonds. The third-order valence-electron chi connectivity index (χ3n) is 4.28. The first-order chi connectivity index (χ1) is 10.1. The van der Waals surface area contributed by atoms with Crippen molar-refractivity contribution in [1.29, 1.82) is 0 Å². The summed E-state index contributed by atoms with van der Waals surface area (Å²) in [6.45, 7) is 0.0897. The molecule has 0 N–H and O–H groups in total. The van der Waals surface area contributed by atoms with Gasteiger partial charge in [-0.2, -0.15) is 13.2 Å². The third kappa shape index (κ3) is 3.81. The maximum absolute atomic E-state index is 13.0. The van der Waals surface area contributed by atoms with Gasteiger partial charge in [-0.25, -0.2) is 8.42 Å². The average Bonchev–Trinajstić information content (AvgIpc) is 2.87. The highest BCUT2D eigenvalue weighted by Crippen LogP contribution is 2.34. The van der Waals surface area contributed by atoms with E-state index < -0.39 is 26.8 Å². The number of rotatable bonds is 4. The van der Waals surface area contributed by atoms with Gasteiger partial charge in [0, 0.05) is 18.8 Å². The van der Waals surface area contributed by atoms with E-state index in [4.69, 9.17) is 0 Å². The van der Waals surface area contributed by atoms with E-state index in [0.717, 1.165) is 12.5 Å². The lowest BCUT2D eigenvalue weighted by molar-refractivity contribution is -0.138. The van der Waals surface area contributed by atoms with Crippen molar-refractivity contribution >= 4 is 9.84 Å². The zero-order valence-electron chi connectivity index (χ0n) is 12.6. The van der Waals surface area contributed by atoms with Gasteiger partial charge in [0.1, 0.15) is 0 Å². The fourth-order valence-corrected chi connectivity index (χ4v) is 4.74. The summed E-state index contributed by atoms with van der Waals surface area (Å²) < 4.78 is 62.7. The Hall–Kier alpha value is -1.08. The minimum atomic E-state index is -4.40. The Labute approximate surface area is 129 Å². The fraction of sp³-hybridized carbons (Fsp3) is 0.600. The molecule has 0 saturated heterocycles. The maximum atomic E-state index is 13.0. The van der Waals surface area contributed by atoms with Crippen LogP contribution in [0.1, 0.15) is 30.4 Å². The second-order valence-corrected chi connectivity index (χ2v) is 8.20. The predicted molar refractivity (Wildman–Crippen MR) is 79.2 cm³/mol. The number of halogens is 3. The number of alkyl halides is 3. The molecule has 0 unspecified atom stereocenters. The lowest BCUT2D eigenvalue weighted by atomic mass is 10.1. The Balaban J connectivity index is 2.21. The Morgan fingerprint density at radius 1 is 1.23 bits per heavy atom. The Morgan fingerprint density at radius 3 is 2.45 bits per heavy atom. The van der Waals surface area contributed by atoms with E-state index in [1.807, 2.05) is 0 Å². The fourth-order valence-electron chi connectivity index (χ4n) is 3.23. The van der Waals surface area contributed by atoms with Crippen molar-refractivity contribution in [2.24, 2.45) is 0 Å². The molecule has 1 saturated carbocycles. The molecule has 0 spiro atoms. The normalized spacial score (nSPS) is 23.2. The summed E-state index contributed by atoms with van der Waals surface area (Å²) in [4.78, 5) is 1.74. The van der Waals surface area contributed by atoms with E-state index in [1.54, 1.807) is 18.0 Å². The van der Waals surface area contributed by atoms with Crippen LogP contribution in [-0.4, -0.2) is 37.9 Å². The van der Waals surface area contributed by atoms with Crippen LogP contribution in [0.25, 0.3) is 0 Å². The lowest BCUT2D eigenvalue weighted by Gasteiger charge is -2.29. The van der Waals surface area contributed by atoms with E-state index in [2.05, 4.69) is 0 Å². The molecule has 2 atom stereocenters. The monoisotopic (exact) mass is 335 g/mol. The Morgan fingerprint density at radius 2 is 1.86 bits per heavy atom. The maximum Gasteiger partial charge on any atom is 0.416 e. The van der Waals surface area contributed by atoms with Crippen molar-refractivity contribution in [2.75, 3.05) is 13.3 Å². The van der Waals surface area contributed by atoms with Crippen LogP contribution in [0, 0.1) is 0 Å². The van der Waals surface area contributed by atoms with Crippen LogP contribution in [0.2, 0.25) is 0 Å². The summed E-state index contributed by atoms with van der Waals surface area (Å²) >= 11 is 0. The van der Waals surface area contributed by atoms with Crippen molar-refractivity contribution in [1.82, 2.24) is 4.90 Å². The van der Waals surface area contributed by atoms with Crippen LogP contribution in [0.15, 0.2) is 24.3 Å². The molecule has 0 bridgehead atoms.